The van der Waals surface area contributed by atoms with Gasteiger partial charge in [0.1, 0.15) is 5.82 Å². The van der Waals surface area contributed by atoms with Gasteiger partial charge in [-0.3, -0.25) is 0 Å². The second-order valence-corrected chi connectivity index (χ2v) is 4.49. The van der Waals surface area contributed by atoms with Gasteiger partial charge < -0.3 is 9.47 Å². The van der Waals surface area contributed by atoms with Crippen molar-refractivity contribution in [2.24, 2.45) is 5.41 Å². The normalized spacial score (nSPS) is 16.5. The van der Waals surface area contributed by atoms with Crippen molar-refractivity contribution in [2.75, 3.05) is 19.8 Å². The monoisotopic (exact) mass is 238 g/mol. The van der Waals surface area contributed by atoms with E-state index in [1.54, 1.807) is 0 Å². The molecule has 0 aromatic carbocycles. The highest BCUT2D eigenvalue weighted by atomic mass is 16.5. The molecule has 0 aliphatic carbocycles. The van der Waals surface area contributed by atoms with Gasteiger partial charge in [0.05, 0.1) is 19.8 Å². The summed E-state index contributed by atoms with van der Waals surface area (Å²) in [5.41, 5.74) is 1.10. The summed E-state index contributed by atoms with van der Waals surface area (Å²) in [5.74, 6) is 1.41. The number of ether oxygens (including phenoxy) is 2. The summed E-state index contributed by atoms with van der Waals surface area (Å²) >= 11 is 0. The zero-order valence-electron chi connectivity index (χ0n) is 11.4. The number of hydrogen-bond donors (Lipinski definition) is 0. The summed E-state index contributed by atoms with van der Waals surface area (Å²) in [4.78, 5) is 8.42. The zero-order valence-corrected chi connectivity index (χ0v) is 11.4. The lowest BCUT2D eigenvalue weighted by Crippen LogP contribution is -2.44. The third-order valence-corrected chi connectivity index (χ3v) is 2.41. The van der Waals surface area contributed by atoms with Crippen LogP contribution in [0.4, 0.5) is 0 Å². The van der Waals surface area contributed by atoms with Crippen LogP contribution >= 0.6 is 0 Å². The Morgan fingerprint density at radius 3 is 2.41 bits per heavy atom. The number of aryl methyl sites for hydroxylation is 2. The van der Waals surface area contributed by atoms with Gasteiger partial charge in [-0.2, -0.15) is 4.98 Å². The van der Waals surface area contributed by atoms with Crippen LogP contribution in [0.25, 0.3) is 0 Å². The summed E-state index contributed by atoms with van der Waals surface area (Å²) < 4.78 is 10.8. The van der Waals surface area contributed by atoms with Crippen molar-refractivity contribution in [1.82, 2.24) is 9.97 Å². The Balaban J connectivity index is 0.000000686. The first-order chi connectivity index (χ1) is 8.07. The van der Waals surface area contributed by atoms with Crippen LogP contribution < -0.4 is 4.74 Å². The van der Waals surface area contributed by atoms with E-state index >= 15 is 0 Å². The van der Waals surface area contributed by atoms with E-state index in [1.165, 1.54) is 0 Å². The first-order valence-electron chi connectivity index (χ1n) is 6.10. The van der Waals surface area contributed by atoms with Crippen molar-refractivity contribution < 1.29 is 9.47 Å². The lowest BCUT2D eigenvalue weighted by atomic mass is 9.90. The average molecular weight is 238 g/mol. The third kappa shape index (κ3) is 3.97. The molecule has 2 heterocycles. The van der Waals surface area contributed by atoms with Gasteiger partial charge in [0.25, 0.3) is 0 Å². The lowest BCUT2D eigenvalue weighted by Gasteiger charge is -2.37. The van der Waals surface area contributed by atoms with E-state index in [0.717, 1.165) is 24.7 Å². The molecule has 17 heavy (non-hydrogen) atoms. The quantitative estimate of drug-likeness (QED) is 0.811. The Morgan fingerprint density at radius 1 is 1.29 bits per heavy atom. The van der Waals surface area contributed by atoms with E-state index in [-0.39, 0.29) is 5.41 Å². The van der Waals surface area contributed by atoms with Crippen LogP contribution in [-0.2, 0) is 4.74 Å². The van der Waals surface area contributed by atoms with E-state index in [0.29, 0.717) is 12.5 Å². The lowest BCUT2D eigenvalue weighted by molar-refractivity contribution is -0.120. The summed E-state index contributed by atoms with van der Waals surface area (Å²) in [7, 11) is 0. The van der Waals surface area contributed by atoms with Crippen molar-refractivity contribution >= 4 is 0 Å². The van der Waals surface area contributed by atoms with Gasteiger partial charge in [0.15, 0.2) is 0 Å². The van der Waals surface area contributed by atoms with E-state index in [9.17, 15) is 0 Å². The summed E-state index contributed by atoms with van der Waals surface area (Å²) in [5, 5.41) is 0. The van der Waals surface area contributed by atoms with Crippen LogP contribution in [0, 0.1) is 19.3 Å². The highest BCUT2D eigenvalue weighted by Gasteiger charge is 2.34. The smallest absolute Gasteiger partial charge is 0.216 e. The van der Waals surface area contributed by atoms with Gasteiger partial charge in [0.2, 0.25) is 5.88 Å². The molecule has 0 unspecified atom stereocenters. The van der Waals surface area contributed by atoms with Crippen LogP contribution in [0.1, 0.15) is 32.3 Å². The van der Waals surface area contributed by atoms with Crippen LogP contribution in [-0.4, -0.2) is 29.8 Å². The summed E-state index contributed by atoms with van der Waals surface area (Å²) in [6.45, 7) is 12.2. The molecule has 1 fully saturated rings. The molecule has 1 aromatic heterocycles. The zero-order chi connectivity index (χ0) is 12.9. The van der Waals surface area contributed by atoms with Crippen LogP contribution in [0.3, 0.4) is 0 Å². The summed E-state index contributed by atoms with van der Waals surface area (Å²) in [6, 6.07) is 1.86. The molecule has 0 amide bonds. The minimum absolute atomic E-state index is 0.159. The third-order valence-electron chi connectivity index (χ3n) is 2.41. The largest absolute Gasteiger partial charge is 0.477 e. The van der Waals surface area contributed by atoms with Gasteiger partial charge in [0, 0.05) is 17.2 Å². The Bertz CT molecular complexity index is 342. The molecule has 0 saturated carbocycles. The van der Waals surface area contributed by atoms with E-state index < -0.39 is 0 Å². The maximum Gasteiger partial charge on any atom is 0.216 e. The van der Waals surface area contributed by atoms with Crippen molar-refractivity contribution in [1.29, 1.82) is 0 Å². The molecular weight excluding hydrogens is 216 g/mol. The fourth-order valence-electron chi connectivity index (χ4n) is 1.54. The van der Waals surface area contributed by atoms with Crippen LogP contribution in [0.15, 0.2) is 6.07 Å². The Morgan fingerprint density at radius 2 is 1.94 bits per heavy atom. The predicted octanol–water partition coefficient (Wildman–Crippen LogP) is 2.53. The fraction of sp³-hybridized carbons (Fsp3) is 0.692. The Hall–Kier alpha value is -1.16. The minimum atomic E-state index is 0.159. The SMILES string of the molecule is CC.Cc1cc(OCC2(C)COC2)nc(C)n1. The molecule has 4 heteroatoms. The molecule has 0 radical (unpaired) electrons. The number of nitrogens with zero attached hydrogens (tertiary/aromatic N) is 2. The molecule has 0 atom stereocenters. The van der Waals surface area contributed by atoms with Gasteiger partial charge in [-0.25, -0.2) is 4.98 Å². The Kier molecular flexibility index (Phi) is 4.87. The van der Waals surface area contributed by atoms with Crippen LogP contribution in [0.5, 0.6) is 5.88 Å². The van der Waals surface area contributed by atoms with Gasteiger partial charge in [-0.05, 0) is 13.8 Å². The molecule has 4 nitrogen and oxygen atoms in total. The minimum Gasteiger partial charge on any atom is -0.477 e. The highest BCUT2D eigenvalue weighted by Crippen LogP contribution is 2.27. The molecule has 0 N–H and O–H groups in total. The molecule has 0 bridgehead atoms. The topological polar surface area (TPSA) is 44.2 Å². The van der Waals surface area contributed by atoms with E-state index in [1.807, 2.05) is 33.8 Å². The molecule has 1 aliphatic heterocycles. The maximum atomic E-state index is 5.64. The molecule has 1 aromatic rings. The first kappa shape index (κ1) is 13.9. The van der Waals surface area contributed by atoms with Gasteiger partial charge in [-0.15, -0.1) is 0 Å². The molecule has 96 valence electrons. The second kappa shape index (κ2) is 5.96. The summed E-state index contributed by atoms with van der Waals surface area (Å²) in [6.07, 6.45) is 0. The van der Waals surface area contributed by atoms with Crippen LogP contribution in [0.2, 0.25) is 0 Å². The van der Waals surface area contributed by atoms with E-state index in [4.69, 9.17) is 9.47 Å². The van der Waals surface area contributed by atoms with Gasteiger partial charge in [-0.1, -0.05) is 20.8 Å². The average Bonchev–Trinajstić information content (AvgIpc) is 2.25. The van der Waals surface area contributed by atoms with Crippen molar-refractivity contribution in [2.45, 2.75) is 34.6 Å². The molecular formula is C13H22N2O2. The van der Waals surface area contributed by atoms with Crippen molar-refractivity contribution in [3.63, 3.8) is 0 Å². The van der Waals surface area contributed by atoms with Crippen molar-refractivity contribution in [3.05, 3.63) is 17.6 Å². The second-order valence-electron chi connectivity index (χ2n) is 4.49. The standard InChI is InChI=1S/C11H16N2O2.C2H6/c1-8-4-10(13-9(2)12-8)15-7-11(3)5-14-6-11;1-2/h4H,5-7H2,1-3H3;1-2H3. The number of aromatic nitrogens is 2. The number of hydrogen-bond acceptors (Lipinski definition) is 4. The molecule has 1 aliphatic rings. The highest BCUT2D eigenvalue weighted by molar-refractivity contribution is 5.14. The van der Waals surface area contributed by atoms with Gasteiger partial charge >= 0.3 is 0 Å². The maximum absolute atomic E-state index is 5.64. The number of rotatable bonds is 3. The van der Waals surface area contributed by atoms with E-state index in [2.05, 4.69) is 16.9 Å². The van der Waals surface area contributed by atoms with Crippen molar-refractivity contribution in [3.8, 4) is 5.88 Å². The fourth-order valence-corrected chi connectivity index (χ4v) is 1.54. The molecule has 0 spiro atoms. The Labute approximate surface area is 103 Å². The molecule has 2 rings (SSSR count). The predicted molar refractivity (Wildman–Crippen MR) is 67.3 cm³/mol. The first-order valence-corrected chi connectivity index (χ1v) is 6.10. The molecule has 1 saturated heterocycles.